The quantitative estimate of drug-likeness (QED) is 0.0222. The molecule has 0 aliphatic heterocycles. The largest absolute Gasteiger partial charge is 0.472 e. The standard InChI is InChI=1S/C68H132O17P2/c1-6-9-12-15-18-21-23-24-25-26-27-29-32-39-44-49-54-68(73)85-64(58-79-66(71)52-47-42-37-34-33-35-40-45-50-61(4)5)60-83-87(76,77)81-56-62(69)55-80-86(74,75)82-59-63(57-78-65(70)51-46-41-36-30-20-17-14-11-8-3)84-67(72)53-48-43-38-31-28-22-19-16-13-10-7-2/h61-64,69H,6-60H2,1-5H3,(H,74,75)(H,76,77)/t62-,63+,64+/m0/s1. The van der Waals surface area contributed by atoms with Gasteiger partial charge in [0.15, 0.2) is 12.2 Å². The number of carbonyl (C=O) groups is 4. The Labute approximate surface area is 530 Å². The second kappa shape index (κ2) is 61.6. The molecule has 0 amide bonds. The zero-order valence-electron chi connectivity index (χ0n) is 56.2. The summed E-state index contributed by atoms with van der Waals surface area (Å²) in [4.78, 5) is 72.4. The molecule has 0 spiro atoms. The number of phosphoric acid groups is 2. The second-order valence-corrected chi connectivity index (χ2v) is 27.9. The topological polar surface area (TPSA) is 237 Å². The van der Waals surface area contributed by atoms with Gasteiger partial charge >= 0.3 is 39.5 Å². The first-order valence-electron chi connectivity index (χ1n) is 35.6. The van der Waals surface area contributed by atoms with Crippen molar-refractivity contribution in [3.8, 4) is 0 Å². The molecular formula is C68H132O17P2. The molecule has 0 rings (SSSR count). The predicted molar refractivity (Wildman–Crippen MR) is 349 cm³/mol. The van der Waals surface area contributed by atoms with Crippen LogP contribution in [0.3, 0.4) is 0 Å². The molecule has 0 heterocycles. The molecule has 0 aliphatic rings. The van der Waals surface area contributed by atoms with Crippen molar-refractivity contribution in [3.05, 3.63) is 0 Å². The monoisotopic (exact) mass is 1280 g/mol. The van der Waals surface area contributed by atoms with E-state index in [1.807, 2.05) is 0 Å². The molecule has 2 unspecified atom stereocenters. The van der Waals surface area contributed by atoms with Gasteiger partial charge in [-0.3, -0.25) is 37.3 Å². The maximum atomic E-state index is 13.0. The molecule has 0 aliphatic carbocycles. The van der Waals surface area contributed by atoms with Gasteiger partial charge < -0.3 is 33.8 Å². The highest BCUT2D eigenvalue weighted by molar-refractivity contribution is 7.47. The minimum Gasteiger partial charge on any atom is -0.462 e. The summed E-state index contributed by atoms with van der Waals surface area (Å²) in [6, 6.07) is 0. The molecule has 0 aromatic rings. The Balaban J connectivity index is 5.22. The fourth-order valence-corrected chi connectivity index (χ4v) is 11.9. The molecule has 17 nitrogen and oxygen atoms in total. The Kier molecular flexibility index (Phi) is 60.2. The predicted octanol–water partition coefficient (Wildman–Crippen LogP) is 19.4. The number of unbranched alkanes of at least 4 members (excludes halogenated alkanes) is 40. The summed E-state index contributed by atoms with van der Waals surface area (Å²) >= 11 is 0. The molecule has 3 N–H and O–H groups in total. The van der Waals surface area contributed by atoms with Crippen LogP contribution in [0.4, 0.5) is 0 Å². The number of rotatable bonds is 68. The zero-order chi connectivity index (χ0) is 64.2. The van der Waals surface area contributed by atoms with Crippen LogP contribution < -0.4 is 0 Å². The van der Waals surface area contributed by atoms with Crippen molar-refractivity contribution in [2.75, 3.05) is 39.6 Å². The van der Waals surface area contributed by atoms with Crippen LogP contribution >= 0.6 is 15.6 Å². The van der Waals surface area contributed by atoms with Gasteiger partial charge in [-0.2, -0.15) is 0 Å². The highest BCUT2D eigenvalue weighted by Crippen LogP contribution is 2.45. The maximum absolute atomic E-state index is 13.0. The van der Waals surface area contributed by atoms with E-state index in [0.717, 1.165) is 95.8 Å². The van der Waals surface area contributed by atoms with E-state index in [4.69, 9.17) is 37.0 Å². The van der Waals surface area contributed by atoms with Gasteiger partial charge in [-0.15, -0.1) is 0 Å². The summed E-state index contributed by atoms with van der Waals surface area (Å²) in [5.74, 6) is -1.40. The van der Waals surface area contributed by atoms with E-state index >= 15 is 0 Å². The third kappa shape index (κ3) is 62.6. The van der Waals surface area contributed by atoms with E-state index in [-0.39, 0.29) is 25.7 Å². The molecule has 0 radical (unpaired) electrons. The normalized spacial score (nSPS) is 14.1. The summed E-state index contributed by atoms with van der Waals surface area (Å²) in [6.45, 7) is 7.18. The van der Waals surface area contributed by atoms with E-state index in [1.54, 1.807) is 0 Å². The molecule has 0 bridgehead atoms. The van der Waals surface area contributed by atoms with Crippen LogP contribution in [0.1, 0.15) is 349 Å². The fourth-order valence-electron chi connectivity index (χ4n) is 10.3. The van der Waals surface area contributed by atoms with Crippen LogP contribution in [-0.2, 0) is 65.4 Å². The first-order valence-corrected chi connectivity index (χ1v) is 38.6. The van der Waals surface area contributed by atoms with Gasteiger partial charge in [0.05, 0.1) is 26.4 Å². The third-order valence-electron chi connectivity index (χ3n) is 15.8. The number of phosphoric ester groups is 2. The van der Waals surface area contributed by atoms with Crippen LogP contribution in [0.15, 0.2) is 0 Å². The SMILES string of the molecule is CCCCCCCCCCCCCCCCCCC(=O)O[C@H](COC(=O)CCCCCCCCCCC(C)C)COP(=O)(O)OC[C@@H](O)COP(=O)(O)OC[C@@H](COC(=O)CCCCCCCCCCC)OC(=O)CCCCCCCCCCCCC. The van der Waals surface area contributed by atoms with Crippen molar-refractivity contribution in [3.63, 3.8) is 0 Å². The molecule has 87 heavy (non-hydrogen) atoms. The van der Waals surface area contributed by atoms with E-state index in [2.05, 4.69) is 34.6 Å². The maximum Gasteiger partial charge on any atom is 0.472 e. The van der Waals surface area contributed by atoms with Gasteiger partial charge in [0.1, 0.15) is 19.3 Å². The number of hydrogen-bond donors (Lipinski definition) is 3. The van der Waals surface area contributed by atoms with Crippen molar-refractivity contribution >= 4 is 39.5 Å². The third-order valence-corrected chi connectivity index (χ3v) is 17.7. The van der Waals surface area contributed by atoms with Gasteiger partial charge in [0, 0.05) is 25.7 Å². The number of aliphatic hydroxyl groups is 1. The van der Waals surface area contributed by atoms with Crippen molar-refractivity contribution in [1.82, 2.24) is 0 Å². The molecule has 0 aromatic carbocycles. The summed E-state index contributed by atoms with van der Waals surface area (Å²) in [5, 5.41) is 10.6. The van der Waals surface area contributed by atoms with E-state index in [0.29, 0.717) is 25.7 Å². The minimum atomic E-state index is -4.95. The van der Waals surface area contributed by atoms with Gasteiger partial charge in [-0.1, -0.05) is 298 Å². The van der Waals surface area contributed by atoms with Gasteiger partial charge in [-0.25, -0.2) is 9.13 Å². The number of ether oxygens (including phenoxy) is 4. The number of aliphatic hydroxyl groups excluding tert-OH is 1. The molecule has 19 heteroatoms. The second-order valence-electron chi connectivity index (χ2n) is 25.0. The van der Waals surface area contributed by atoms with Crippen molar-refractivity contribution in [2.45, 2.75) is 368 Å². The fraction of sp³-hybridized carbons (Fsp3) is 0.941. The molecule has 0 aromatic heterocycles. The molecule has 0 fully saturated rings. The van der Waals surface area contributed by atoms with E-state index in [1.165, 1.54) is 173 Å². The molecular weight excluding hydrogens is 1150 g/mol. The van der Waals surface area contributed by atoms with Crippen molar-refractivity contribution < 1.29 is 80.2 Å². The lowest BCUT2D eigenvalue weighted by Crippen LogP contribution is -2.30. The summed E-state index contributed by atoms with van der Waals surface area (Å²) in [5.41, 5.74) is 0. The summed E-state index contributed by atoms with van der Waals surface area (Å²) in [7, 11) is -9.89. The lowest BCUT2D eigenvalue weighted by molar-refractivity contribution is -0.161. The van der Waals surface area contributed by atoms with Crippen LogP contribution in [0.25, 0.3) is 0 Å². The Morgan fingerprint density at radius 1 is 0.310 bits per heavy atom. The Hall–Kier alpha value is -1.94. The Morgan fingerprint density at radius 2 is 0.529 bits per heavy atom. The number of hydrogen-bond acceptors (Lipinski definition) is 15. The van der Waals surface area contributed by atoms with Gasteiger partial charge in [0.2, 0.25) is 0 Å². The van der Waals surface area contributed by atoms with Crippen LogP contribution in [0.5, 0.6) is 0 Å². The first-order chi connectivity index (χ1) is 42.0. The molecule has 0 saturated carbocycles. The molecule has 0 saturated heterocycles. The van der Waals surface area contributed by atoms with E-state index in [9.17, 15) is 43.2 Å². The Morgan fingerprint density at radius 3 is 0.782 bits per heavy atom. The van der Waals surface area contributed by atoms with Crippen LogP contribution in [-0.4, -0.2) is 96.7 Å². The van der Waals surface area contributed by atoms with Gasteiger partial charge in [0.25, 0.3) is 0 Å². The lowest BCUT2D eigenvalue weighted by atomic mass is 10.0. The highest BCUT2D eigenvalue weighted by atomic mass is 31.2. The summed E-state index contributed by atoms with van der Waals surface area (Å²) in [6.07, 6.45) is 47.1. The average molecular weight is 1280 g/mol. The number of esters is 4. The average Bonchev–Trinajstić information content (AvgIpc) is 3.70. The highest BCUT2D eigenvalue weighted by Gasteiger charge is 2.30. The number of carbonyl (C=O) groups excluding carboxylic acids is 4. The van der Waals surface area contributed by atoms with Crippen LogP contribution in [0.2, 0.25) is 0 Å². The molecule has 5 atom stereocenters. The summed E-state index contributed by atoms with van der Waals surface area (Å²) < 4.78 is 68.1. The van der Waals surface area contributed by atoms with Crippen molar-refractivity contribution in [2.24, 2.45) is 5.92 Å². The minimum absolute atomic E-state index is 0.107. The smallest absolute Gasteiger partial charge is 0.462 e. The Bertz CT molecular complexity index is 1690. The first kappa shape index (κ1) is 85.1. The van der Waals surface area contributed by atoms with Gasteiger partial charge in [-0.05, 0) is 31.6 Å². The molecule has 516 valence electrons. The van der Waals surface area contributed by atoms with Crippen LogP contribution in [0, 0.1) is 5.92 Å². The lowest BCUT2D eigenvalue weighted by Gasteiger charge is -2.21. The van der Waals surface area contributed by atoms with Crippen molar-refractivity contribution in [1.29, 1.82) is 0 Å². The van der Waals surface area contributed by atoms with E-state index < -0.39 is 97.5 Å². The zero-order valence-corrected chi connectivity index (χ0v) is 57.9.